The highest BCUT2D eigenvalue weighted by Crippen LogP contribution is 2.35. The number of aromatic nitrogens is 20. The Kier molecular flexibility index (Phi) is 36.6. The maximum Gasteiger partial charge on any atom is 0.416 e. The fourth-order valence-electron chi connectivity index (χ4n) is 10.2. The lowest BCUT2D eigenvalue weighted by molar-refractivity contribution is -0.138. The van der Waals surface area contributed by atoms with E-state index in [2.05, 4.69) is 101 Å². The van der Waals surface area contributed by atoms with Gasteiger partial charge in [0.25, 0.3) is 28.5 Å². The highest BCUT2D eigenvalue weighted by atomic mass is 35.5. The van der Waals surface area contributed by atoms with Crippen LogP contribution >= 0.6 is 35.1 Å². The molecule has 3 aromatic carbocycles. The average Bonchev–Trinajstić information content (AvgIpc) is 1.67. The predicted molar refractivity (Wildman–Crippen MR) is 451 cm³/mol. The molecule has 0 aliphatic carbocycles. The number of benzene rings is 3. The zero-order chi connectivity index (χ0) is 85.5. The Balaban J connectivity index is 0.000000380. The lowest BCUT2D eigenvalue weighted by Crippen LogP contribution is -2.16. The van der Waals surface area contributed by atoms with Gasteiger partial charge >= 0.3 is 29.6 Å². The molecule has 1 amide bonds. The number of aryl methyl sites for hydroxylation is 10. The summed E-state index contributed by atoms with van der Waals surface area (Å²) in [6.45, 7) is 39.9. The van der Waals surface area contributed by atoms with Gasteiger partial charge in [-0.1, -0.05) is 125 Å². The van der Waals surface area contributed by atoms with E-state index in [1.54, 1.807) is 40.0 Å². The highest BCUT2D eigenvalue weighted by Gasteiger charge is 2.33. The second-order valence-corrected chi connectivity index (χ2v) is 28.4. The maximum absolute atomic E-state index is 12.9. The number of nitrogen functional groups attached to an aromatic ring is 1. The first-order chi connectivity index (χ1) is 54.4. The third-order valence-electron chi connectivity index (χ3n) is 15.0. The molecule has 10 aromatic heterocycles. The van der Waals surface area contributed by atoms with Gasteiger partial charge in [0.15, 0.2) is 22.6 Å². The number of anilines is 5. The molecule has 13 rings (SSSR count). The van der Waals surface area contributed by atoms with Crippen molar-refractivity contribution in [1.82, 2.24) is 98.7 Å². The van der Waals surface area contributed by atoms with Crippen LogP contribution in [0.15, 0.2) is 149 Å². The van der Waals surface area contributed by atoms with Crippen LogP contribution in [0, 0.1) is 89.0 Å². The number of nitrogens with two attached hydrogens (primary N) is 2. The monoisotopic (exact) mass is 1750 g/mol. The van der Waals surface area contributed by atoms with Crippen LogP contribution in [0.2, 0.25) is 5.15 Å². The molecule has 0 atom stereocenters. The van der Waals surface area contributed by atoms with E-state index in [-0.39, 0.29) is 100 Å². The Hall–Kier alpha value is -13.2. The van der Waals surface area contributed by atoms with Crippen molar-refractivity contribution in [3.8, 4) is 29.1 Å². The number of amides is 1. The van der Waals surface area contributed by atoms with Crippen LogP contribution in [0.25, 0.3) is 43.6 Å². The fourth-order valence-corrected chi connectivity index (χ4v) is 11.7. The molecular formula is C78H87ClF9N27O3S3. The second-order valence-electron chi connectivity index (χ2n) is 24.5. The van der Waals surface area contributed by atoms with Crippen LogP contribution in [-0.4, -0.2) is 132 Å². The zero-order valence-corrected chi connectivity index (χ0v) is 66.6. The number of hydrogen-bond donors (Lipinski definition) is 4. The van der Waals surface area contributed by atoms with Crippen molar-refractivity contribution in [2.75, 3.05) is 35.1 Å². The van der Waals surface area contributed by atoms with Gasteiger partial charge in [0.1, 0.15) is 22.5 Å². The van der Waals surface area contributed by atoms with Crippen LogP contribution < -0.4 is 22.1 Å². The topological polar surface area (TPSA) is 358 Å². The molecule has 30 nitrogen and oxygen atoms in total. The van der Waals surface area contributed by atoms with Gasteiger partial charge in [0, 0.05) is 82.1 Å². The quantitative estimate of drug-likeness (QED) is 0.0208. The third kappa shape index (κ3) is 28.5. The number of primary amides is 1. The lowest BCUT2D eigenvalue weighted by Gasteiger charge is -2.11. The Morgan fingerprint density at radius 2 is 0.736 bits per heavy atom. The van der Waals surface area contributed by atoms with Crippen LogP contribution in [0.3, 0.4) is 0 Å². The molecule has 10 heterocycles. The zero-order valence-electron chi connectivity index (χ0n) is 63.4. The number of hydrogen-bond acceptors (Lipinski definition) is 23. The standard InChI is InChI=1S/C17H15F3N6O.C17H13F3N6.C11H11N5O2S.C11H11N5S.C10H11ClN4S.C7H6F3N.5CH4/c1-9-6-10(2)26(25-9)14-8-13(15(21)27)23-16(24-14)22-12-5-3-4-11(7-12)17(18,19)20;1-10-7-11(2)26(25-10)15-9-14(21-3)23-16(24-15)22-13-6-4-5-12(8-13)17(18,19)20;1-7-5-8(2)16(15-7)10-6-9(12-3)13-11(14-10)19(4,17)18;1-7-5-8(2)16(15-7)10-6-9(12-3)13-11(14-10)17-4;1-6-4-7(2)15(14-6)9-5-8(11)12-10(13-9)16-3;8-7(9,10)5-2-1-3-6(11)4-5;;;;;/h3-8H,1-2H3,(H2,21,27)(H,22,23,24);4-9H,1-2H3,(H,22,23,24);5-6H,1-2,4H3;5-6H,1-2,4H3;4-5H,1-3H3;1-4H,11H2;5*1H4. The summed E-state index contributed by atoms with van der Waals surface area (Å²) in [5, 5.41) is 28.2. The largest absolute Gasteiger partial charge is 0.416 e. The SMILES string of the molecule is C.C.C.C.C.CSc1nc(Cl)cc(-n2nc(C)cc2C)n1.Cc1cc(C)n(-c2cc(C(N)=O)nc(Nc3cccc(C(F)(F)F)c3)n2)n1.Nc1cccc(C(F)(F)F)c1.[C-]#[N+]c1cc(-n2nc(C)cc2C)nc(Nc2cccc(C(F)(F)F)c2)n1.[C-]#[N+]c1cc(-n2nc(C)cc2C)nc(S(C)(=O)=O)n1.[C-]#[N+]c1cc(-n2nc(C)cc2C)nc(SC)n1. The molecule has 6 N–H and O–H groups in total. The molecule has 0 aliphatic heterocycles. The van der Waals surface area contributed by atoms with Crippen molar-refractivity contribution < 1.29 is 52.7 Å². The van der Waals surface area contributed by atoms with E-state index in [1.165, 1.54) is 87.5 Å². The molecule has 0 spiro atoms. The van der Waals surface area contributed by atoms with Crippen LogP contribution in [0.5, 0.6) is 0 Å². The first kappa shape index (κ1) is 102. The summed E-state index contributed by atoms with van der Waals surface area (Å²) >= 11 is 8.80. The Labute approximate surface area is 707 Å². The number of nitrogens with one attached hydrogen (secondary N) is 2. The molecule has 43 heteroatoms. The molecular weight excluding hydrogens is 1670 g/mol. The van der Waals surface area contributed by atoms with E-state index >= 15 is 0 Å². The summed E-state index contributed by atoms with van der Waals surface area (Å²) in [7, 11) is -3.58. The van der Waals surface area contributed by atoms with Crippen molar-refractivity contribution in [1.29, 1.82) is 0 Å². The van der Waals surface area contributed by atoms with Gasteiger partial charge in [0.2, 0.25) is 15.8 Å². The molecule has 0 aliphatic rings. The molecule has 0 saturated heterocycles. The number of rotatable bonds is 13. The van der Waals surface area contributed by atoms with Crippen molar-refractivity contribution >= 4 is 97.3 Å². The smallest absolute Gasteiger partial charge is 0.399 e. The first-order valence-corrected chi connectivity index (χ1v) is 38.0. The molecule has 0 saturated carbocycles. The summed E-state index contributed by atoms with van der Waals surface area (Å²) in [6.07, 6.45) is -8.44. The predicted octanol–water partition coefficient (Wildman–Crippen LogP) is 19.6. The van der Waals surface area contributed by atoms with Gasteiger partial charge in [-0.05, 0) is 167 Å². The molecule has 0 fully saturated rings. The fraction of sp³-hybridized carbons (Fsp3) is 0.269. The normalized spacial score (nSPS) is 10.6. The maximum atomic E-state index is 12.9. The Morgan fingerprint density at radius 3 is 1.06 bits per heavy atom. The molecule has 13 aromatic rings. The molecule has 0 unspecified atom stereocenters. The van der Waals surface area contributed by atoms with E-state index in [9.17, 15) is 52.7 Å². The number of carbonyl (C=O) groups is 1. The summed E-state index contributed by atoms with van der Waals surface area (Å²) in [5.41, 5.74) is 17.0. The van der Waals surface area contributed by atoms with Crippen molar-refractivity contribution in [3.63, 3.8) is 0 Å². The first-order valence-electron chi connectivity index (χ1n) is 33.2. The van der Waals surface area contributed by atoms with Crippen LogP contribution in [0.1, 0.15) is 121 Å². The van der Waals surface area contributed by atoms with Gasteiger partial charge in [0.05, 0.1) is 45.2 Å². The summed E-state index contributed by atoms with van der Waals surface area (Å²) < 4.78 is 144. The van der Waals surface area contributed by atoms with E-state index in [4.69, 9.17) is 42.8 Å². The summed E-state index contributed by atoms with van der Waals surface area (Å²) in [4.78, 5) is 62.4. The Bertz CT molecular complexity index is 6000. The van der Waals surface area contributed by atoms with E-state index in [1.807, 2.05) is 98.2 Å². The van der Waals surface area contributed by atoms with E-state index in [0.29, 0.717) is 38.7 Å². The average molecular weight is 1750 g/mol. The van der Waals surface area contributed by atoms with Gasteiger partial charge < -0.3 is 36.6 Å². The van der Waals surface area contributed by atoms with Crippen molar-refractivity contribution in [2.45, 2.75) is 140 Å². The van der Waals surface area contributed by atoms with Gasteiger partial charge in [-0.25, -0.2) is 46.8 Å². The second kappa shape index (κ2) is 43.5. The molecule has 121 heavy (non-hydrogen) atoms. The van der Waals surface area contributed by atoms with E-state index < -0.39 is 51.0 Å². The molecule has 640 valence electrons. The number of halogens is 10. The number of sulfone groups is 1. The lowest BCUT2D eigenvalue weighted by atomic mass is 10.2. The number of thioether (sulfide) groups is 2. The Morgan fingerprint density at radius 1 is 0.421 bits per heavy atom. The summed E-state index contributed by atoms with van der Waals surface area (Å²) in [6, 6.07) is 30.8. The highest BCUT2D eigenvalue weighted by molar-refractivity contribution is 7.98. The minimum atomic E-state index is -4.48. The minimum Gasteiger partial charge on any atom is -0.399 e. The number of alkyl halides is 9. The van der Waals surface area contributed by atoms with Gasteiger partial charge in [-0.15, -0.1) is 0 Å². The number of nitrogens with zero attached hydrogens (tertiary/aromatic N) is 23. The third-order valence-corrected chi connectivity index (χ3v) is 17.1. The van der Waals surface area contributed by atoms with Crippen molar-refractivity contribution in [3.05, 3.63) is 252 Å². The van der Waals surface area contributed by atoms with E-state index in [0.717, 1.165) is 99.6 Å². The number of carbonyl (C=O) groups excluding carboxylic acids is 1. The summed E-state index contributed by atoms with van der Waals surface area (Å²) in [5.74, 6) is 1.73. The minimum absolute atomic E-state index is 0. The van der Waals surface area contributed by atoms with Gasteiger partial charge in [-0.2, -0.15) is 84.9 Å². The van der Waals surface area contributed by atoms with Crippen LogP contribution in [-0.2, 0) is 28.4 Å². The molecule has 0 radical (unpaired) electrons. The van der Waals surface area contributed by atoms with Crippen molar-refractivity contribution in [2.24, 2.45) is 5.73 Å². The van der Waals surface area contributed by atoms with Crippen LogP contribution in [0.4, 0.5) is 85.9 Å². The molecule has 0 bridgehead atoms. The van der Waals surface area contributed by atoms with Gasteiger partial charge in [-0.3, -0.25) is 4.79 Å².